The van der Waals surface area contributed by atoms with Crippen molar-refractivity contribution in [2.45, 2.75) is 30.8 Å². The minimum atomic E-state index is -0.0106. The standard InChI is InChI=1S/C25H27N5O3S/c1-18-7-9-19(10-8-18)23-27-22(28-33-23)17-34-25-26-21-6-3-2-5-20(21)24(31)30(25)12-4-11-29-13-15-32-16-14-29/h2-3,5-10H,4,11-17H2,1H3. The second kappa shape index (κ2) is 10.5. The number of para-hydroxylation sites is 1. The van der Waals surface area contributed by atoms with Gasteiger partial charge in [-0.2, -0.15) is 4.98 Å². The zero-order valence-corrected chi connectivity index (χ0v) is 20.0. The van der Waals surface area contributed by atoms with Gasteiger partial charge in [-0.1, -0.05) is 46.7 Å². The topological polar surface area (TPSA) is 86.3 Å². The third-order valence-electron chi connectivity index (χ3n) is 5.88. The van der Waals surface area contributed by atoms with Crippen molar-refractivity contribution in [3.05, 3.63) is 70.3 Å². The molecular formula is C25H27N5O3S. The average Bonchev–Trinajstić information content (AvgIpc) is 3.34. The maximum atomic E-state index is 13.3. The van der Waals surface area contributed by atoms with E-state index >= 15 is 0 Å². The fraction of sp³-hybridized carbons (Fsp3) is 0.360. The van der Waals surface area contributed by atoms with Crippen molar-refractivity contribution in [2.24, 2.45) is 0 Å². The molecule has 1 fully saturated rings. The van der Waals surface area contributed by atoms with Gasteiger partial charge in [0.1, 0.15) is 0 Å². The van der Waals surface area contributed by atoms with Crippen molar-refractivity contribution in [3.63, 3.8) is 0 Å². The first-order valence-electron chi connectivity index (χ1n) is 11.5. The third-order valence-corrected chi connectivity index (χ3v) is 6.86. The Balaban J connectivity index is 1.33. The van der Waals surface area contributed by atoms with Gasteiger partial charge in [-0.25, -0.2) is 4.98 Å². The van der Waals surface area contributed by atoms with Gasteiger partial charge >= 0.3 is 0 Å². The molecule has 0 N–H and O–H groups in total. The second-order valence-electron chi connectivity index (χ2n) is 8.35. The van der Waals surface area contributed by atoms with Crippen LogP contribution in [0.1, 0.15) is 17.8 Å². The molecule has 2 aromatic carbocycles. The summed E-state index contributed by atoms with van der Waals surface area (Å²) in [7, 11) is 0. The van der Waals surface area contributed by atoms with Gasteiger partial charge < -0.3 is 9.26 Å². The molecule has 1 saturated heterocycles. The Morgan fingerprint density at radius 3 is 2.62 bits per heavy atom. The van der Waals surface area contributed by atoms with Crippen LogP contribution in [0.4, 0.5) is 0 Å². The molecule has 4 aromatic rings. The largest absolute Gasteiger partial charge is 0.379 e. The summed E-state index contributed by atoms with van der Waals surface area (Å²) in [6.45, 7) is 6.99. The van der Waals surface area contributed by atoms with E-state index in [4.69, 9.17) is 14.2 Å². The highest BCUT2D eigenvalue weighted by Gasteiger charge is 2.15. The Kier molecular flexibility index (Phi) is 7.03. The van der Waals surface area contributed by atoms with Crippen LogP contribution in [0.15, 0.2) is 63.0 Å². The SMILES string of the molecule is Cc1ccc(-c2nc(CSc3nc4ccccc4c(=O)n3CCCN3CCOCC3)no2)cc1. The lowest BCUT2D eigenvalue weighted by Gasteiger charge is -2.26. The number of nitrogens with zero attached hydrogens (tertiary/aromatic N) is 5. The van der Waals surface area contributed by atoms with E-state index in [1.54, 1.807) is 4.57 Å². The summed E-state index contributed by atoms with van der Waals surface area (Å²) in [5.74, 6) is 1.52. The second-order valence-corrected chi connectivity index (χ2v) is 9.29. The number of thioether (sulfide) groups is 1. The molecular weight excluding hydrogens is 450 g/mol. The predicted octanol–water partition coefficient (Wildman–Crippen LogP) is 3.77. The maximum Gasteiger partial charge on any atom is 0.262 e. The van der Waals surface area contributed by atoms with E-state index in [1.165, 1.54) is 17.3 Å². The van der Waals surface area contributed by atoms with Gasteiger partial charge in [-0.3, -0.25) is 14.3 Å². The summed E-state index contributed by atoms with van der Waals surface area (Å²) in [6, 6.07) is 15.5. The summed E-state index contributed by atoms with van der Waals surface area (Å²) in [5.41, 5.74) is 2.75. The number of benzene rings is 2. The molecule has 1 aliphatic rings. The summed E-state index contributed by atoms with van der Waals surface area (Å²) >= 11 is 1.46. The molecule has 0 amide bonds. The molecule has 0 aliphatic carbocycles. The zero-order chi connectivity index (χ0) is 23.3. The molecule has 5 rings (SSSR count). The van der Waals surface area contributed by atoms with Crippen molar-refractivity contribution in [1.29, 1.82) is 0 Å². The van der Waals surface area contributed by atoms with Gasteiger partial charge in [-0.05, 0) is 37.6 Å². The molecule has 176 valence electrons. The van der Waals surface area contributed by atoms with Gasteiger partial charge in [0.25, 0.3) is 11.4 Å². The highest BCUT2D eigenvalue weighted by atomic mass is 32.2. The van der Waals surface area contributed by atoms with Crippen LogP contribution >= 0.6 is 11.8 Å². The molecule has 3 heterocycles. The third kappa shape index (κ3) is 5.22. The molecule has 0 radical (unpaired) electrons. The van der Waals surface area contributed by atoms with E-state index in [1.807, 2.05) is 55.5 Å². The Morgan fingerprint density at radius 1 is 1.00 bits per heavy atom. The van der Waals surface area contributed by atoms with E-state index in [2.05, 4.69) is 15.0 Å². The predicted molar refractivity (Wildman–Crippen MR) is 132 cm³/mol. The van der Waals surface area contributed by atoms with Crippen LogP contribution in [0.5, 0.6) is 0 Å². The van der Waals surface area contributed by atoms with Gasteiger partial charge in [0.15, 0.2) is 11.0 Å². The lowest BCUT2D eigenvalue weighted by atomic mass is 10.1. The fourth-order valence-electron chi connectivity index (χ4n) is 3.99. The number of fused-ring (bicyclic) bond motifs is 1. The Hall–Kier alpha value is -3.01. The minimum absolute atomic E-state index is 0.0106. The molecule has 0 atom stereocenters. The number of aryl methyl sites for hydroxylation is 1. The molecule has 0 unspecified atom stereocenters. The number of ether oxygens (including phenoxy) is 1. The molecule has 0 bridgehead atoms. The number of hydrogen-bond acceptors (Lipinski definition) is 8. The van der Waals surface area contributed by atoms with Crippen molar-refractivity contribution < 1.29 is 9.26 Å². The highest BCUT2D eigenvalue weighted by molar-refractivity contribution is 7.98. The molecule has 9 heteroatoms. The number of aromatic nitrogens is 4. The minimum Gasteiger partial charge on any atom is -0.379 e. The zero-order valence-electron chi connectivity index (χ0n) is 19.1. The molecule has 8 nitrogen and oxygen atoms in total. The normalized spacial score (nSPS) is 14.6. The van der Waals surface area contributed by atoms with E-state index in [-0.39, 0.29) is 5.56 Å². The lowest BCUT2D eigenvalue weighted by Crippen LogP contribution is -2.37. The van der Waals surface area contributed by atoms with Gasteiger partial charge in [0, 0.05) is 31.7 Å². The Morgan fingerprint density at radius 2 is 1.79 bits per heavy atom. The first-order valence-corrected chi connectivity index (χ1v) is 12.5. The Labute approximate surface area is 201 Å². The van der Waals surface area contributed by atoms with Gasteiger partial charge in [-0.15, -0.1) is 0 Å². The molecule has 1 aliphatic heterocycles. The van der Waals surface area contributed by atoms with Crippen LogP contribution in [0.3, 0.4) is 0 Å². The first-order chi connectivity index (χ1) is 16.7. The van der Waals surface area contributed by atoms with Crippen LogP contribution in [-0.2, 0) is 17.0 Å². The van der Waals surface area contributed by atoms with Crippen molar-refractivity contribution in [3.8, 4) is 11.5 Å². The van der Waals surface area contributed by atoms with Crippen LogP contribution in [0.25, 0.3) is 22.4 Å². The highest BCUT2D eigenvalue weighted by Crippen LogP contribution is 2.24. The van der Waals surface area contributed by atoms with Crippen LogP contribution in [-0.4, -0.2) is 57.4 Å². The van der Waals surface area contributed by atoms with Crippen molar-refractivity contribution >= 4 is 22.7 Å². The Bertz CT molecular complexity index is 1310. The van der Waals surface area contributed by atoms with Crippen molar-refractivity contribution in [2.75, 3.05) is 32.8 Å². The molecule has 0 saturated carbocycles. The quantitative estimate of drug-likeness (QED) is 0.280. The summed E-state index contributed by atoms with van der Waals surface area (Å²) < 4.78 is 12.7. The monoisotopic (exact) mass is 477 g/mol. The fourth-order valence-corrected chi connectivity index (χ4v) is 4.86. The van der Waals surface area contributed by atoms with E-state index in [9.17, 15) is 4.79 Å². The van der Waals surface area contributed by atoms with Gasteiger partial charge in [0.05, 0.1) is 29.9 Å². The van der Waals surface area contributed by atoms with Crippen LogP contribution in [0.2, 0.25) is 0 Å². The molecule has 34 heavy (non-hydrogen) atoms. The summed E-state index contributed by atoms with van der Waals surface area (Å²) in [4.78, 5) is 25.0. The van der Waals surface area contributed by atoms with Crippen LogP contribution in [0, 0.1) is 6.92 Å². The van der Waals surface area contributed by atoms with E-state index < -0.39 is 0 Å². The lowest BCUT2D eigenvalue weighted by molar-refractivity contribution is 0.0368. The van der Waals surface area contributed by atoms with E-state index in [0.29, 0.717) is 40.1 Å². The molecule has 0 spiro atoms. The van der Waals surface area contributed by atoms with E-state index in [0.717, 1.165) is 44.8 Å². The smallest absolute Gasteiger partial charge is 0.262 e. The number of rotatable bonds is 8. The number of hydrogen-bond donors (Lipinski definition) is 0. The number of morpholine rings is 1. The summed E-state index contributed by atoms with van der Waals surface area (Å²) in [5, 5.41) is 5.44. The first kappa shape index (κ1) is 22.8. The van der Waals surface area contributed by atoms with Crippen LogP contribution < -0.4 is 5.56 Å². The van der Waals surface area contributed by atoms with Gasteiger partial charge in [0.2, 0.25) is 0 Å². The maximum absolute atomic E-state index is 13.3. The summed E-state index contributed by atoms with van der Waals surface area (Å²) in [6.07, 6.45) is 0.868. The average molecular weight is 478 g/mol. The van der Waals surface area contributed by atoms with Crippen molar-refractivity contribution in [1.82, 2.24) is 24.6 Å². The molecule has 2 aromatic heterocycles.